The summed E-state index contributed by atoms with van der Waals surface area (Å²) in [6.45, 7) is 4.90. The third-order valence-electron chi connectivity index (χ3n) is 5.91. The Morgan fingerprint density at radius 1 is 1.20 bits per heavy atom. The number of pyridine rings is 2. The fraction of sp³-hybridized carbons (Fsp3) is 0.296. The van der Waals surface area contributed by atoms with E-state index >= 15 is 0 Å². The van der Waals surface area contributed by atoms with Crippen LogP contribution in [0.3, 0.4) is 0 Å². The lowest BCUT2D eigenvalue weighted by Gasteiger charge is -2.15. The van der Waals surface area contributed by atoms with E-state index in [0.717, 1.165) is 29.8 Å². The third kappa shape index (κ3) is 5.26. The summed E-state index contributed by atoms with van der Waals surface area (Å²) in [6.07, 6.45) is 3.41. The second-order valence-electron chi connectivity index (χ2n) is 8.49. The van der Waals surface area contributed by atoms with Crippen LogP contribution in [0, 0.1) is 11.7 Å². The summed E-state index contributed by atoms with van der Waals surface area (Å²) in [5.74, 6) is 1.37. The lowest BCUT2D eigenvalue weighted by atomic mass is 10.0. The molecule has 7 nitrogen and oxygen atoms in total. The molecule has 0 radical (unpaired) electrons. The fourth-order valence-electron chi connectivity index (χ4n) is 4.04. The molecule has 0 aliphatic carbocycles. The van der Waals surface area contributed by atoms with Crippen LogP contribution in [0.15, 0.2) is 53.1 Å². The van der Waals surface area contributed by atoms with Gasteiger partial charge in [-0.1, -0.05) is 19.9 Å². The van der Waals surface area contributed by atoms with E-state index in [2.05, 4.69) is 22.5 Å². The van der Waals surface area contributed by atoms with Gasteiger partial charge in [0.25, 0.3) is 5.91 Å². The van der Waals surface area contributed by atoms with Crippen molar-refractivity contribution in [1.82, 2.24) is 15.3 Å². The van der Waals surface area contributed by atoms with Gasteiger partial charge in [-0.2, -0.15) is 4.98 Å². The number of rotatable bonds is 9. The number of ether oxygens (including phenoxy) is 1. The third-order valence-corrected chi connectivity index (χ3v) is 5.91. The molecule has 0 fully saturated rings. The SMILES string of the molecule is CCc1cc2c(C(=O)NC)c(-c3ccc(F)cc3)oc2nc1NC[C@H](C)Cc1ccc(OC)nc1. The summed E-state index contributed by atoms with van der Waals surface area (Å²) in [4.78, 5) is 21.8. The molecule has 182 valence electrons. The molecule has 8 heteroatoms. The van der Waals surface area contributed by atoms with Crippen LogP contribution in [0.4, 0.5) is 10.2 Å². The lowest BCUT2D eigenvalue weighted by Crippen LogP contribution is -2.18. The Bertz CT molecular complexity index is 1320. The normalized spacial score (nSPS) is 11.9. The number of halogens is 1. The Kier molecular flexibility index (Phi) is 7.29. The number of nitrogens with zero attached hydrogens (tertiary/aromatic N) is 2. The Hall–Kier alpha value is -3.94. The van der Waals surface area contributed by atoms with E-state index < -0.39 is 0 Å². The Labute approximate surface area is 203 Å². The molecule has 4 aromatic rings. The van der Waals surface area contributed by atoms with E-state index in [1.54, 1.807) is 26.3 Å². The molecule has 0 spiro atoms. The van der Waals surface area contributed by atoms with Crippen LogP contribution in [0.25, 0.3) is 22.4 Å². The number of hydrogen-bond acceptors (Lipinski definition) is 6. The van der Waals surface area contributed by atoms with E-state index in [9.17, 15) is 9.18 Å². The molecule has 2 N–H and O–H groups in total. The molecule has 0 unspecified atom stereocenters. The van der Waals surface area contributed by atoms with Crippen LogP contribution in [-0.2, 0) is 12.8 Å². The zero-order valence-corrected chi connectivity index (χ0v) is 20.3. The molecule has 1 atom stereocenters. The number of benzene rings is 1. The molecule has 0 bridgehead atoms. The smallest absolute Gasteiger partial charge is 0.255 e. The van der Waals surface area contributed by atoms with Crippen LogP contribution < -0.4 is 15.4 Å². The highest BCUT2D eigenvalue weighted by molar-refractivity contribution is 6.10. The number of aromatic nitrogens is 2. The van der Waals surface area contributed by atoms with Crippen LogP contribution in [0.2, 0.25) is 0 Å². The number of anilines is 1. The molecule has 0 aliphatic heterocycles. The molecule has 1 amide bonds. The van der Waals surface area contributed by atoms with Crippen molar-refractivity contribution < 1.29 is 18.3 Å². The number of furan rings is 1. The number of carbonyl (C=O) groups excluding carboxylic acids is 1. The monoisotopic (exact) mass is 476 g/mol. The van der Waals surface area contributed by atoms with E-state index in [4.69, 9.17) is 14.1 Å². The number of methoxy groups -OCH3 is 1. The van der Waals surface area contributed by atoms with Gasteiger partial charge >= 0.3 is 0 Å². The van der Waals surface area contributed by atoms with Gasteiger partial charge in [0.05, 0.1) is 18.1 Å². The van der Waals surface area contributed by atoms with E-state index in [0.29, 0.717) is 46.3 Å². The molecule has 0 saturated carbocycles. The van der Waals surface area contributed by atoms with Crippen molar-refractivity contribution in [2.75, 3.05) is 26.0 Å². The predicted octanol–water partition coefficient (Wildman–Crippen LogP) is 5.25. The molecule has 3 heterocycles. The van der Waals surface area contributed by atoms with E-state index in [1.807, 2.05) is 31.3 Å². The topological polar surface area (TPSA) is 89.3 Å². The van der Waals surface area contributed by atoms with Gasteiger partial charge in [-0.15, -0.1) is 0 Å². The first-order valence-corrected chi connectivity index (χ1v) is 11.6. The van der Waals surface area contributed by atoms with E-state index in [1.165, 1.54) is 12.1 Å². The second kappa shape index (κ2) is 10.5. The first kappa shape index (κ1) is 24.2. The number of aryl methyl sites for hydroxylation is 1. The van der Waals surface area contributed by atoms with Gasteiger partial charge < -0.3 is 19.8 Å². The maximum Gasteiger partial charge on any atom is 0.255 e. The second-order valence-corrected chi connectivity index (χ2v) is 8.49. The first-order valence-electron chi connectivity index (χ1n) is 11.6. The molecule has 3 aromatic heterocycles. The highest BCUT2D eigenvalue weighted by Crippen LogP contribution is 2.35. The number of hydrogen-bond donors (Lipinski definition) is 2. The minimum atomic E-state index is -0.358. The molecular formula is C27H29FN4O3. The molecular weight excluding hydrogens is 447 g/mol. The molecule has 35 heavy (non-hydrogen) atoms. The summed E-state index contributed by atoms with van der Waals surface area (Å²) in [5.41, 5.74) is 3.46. The highest BCUT2D eigenvalue weighted by Gasteiger charge is 2.24. The minimum absolute atomic E-state index is 0.283. The fourth-order valence-corrected chi connectivity index (χ4v) is 4.04. The molecule has 1 aromatic carbocycles. The van der Waals surface area contributed by atoms with Gasteiger partial charge in [0.15, 0.2) is 0 Å². The minimum Gasteiger partial charge on any atom is -0.481 e. The van der Waals surface area contributed by atoms with Crippen molar-refractivity contribution in [3.05, 3.63) is 71.2 Å². The van der Waals surface area contributed by atoms with Crippen molar-refractivity contribution >= 4 is 22.8 Å². The standard InChI is InChI=1S/C27H29FN4O3/c1-5-18-13-21-23(26(33)29-3)24(19-7-9-20(28)10-8-19)35-27(21)32-25(18)31-14-16(2)12-17-6-11-22(34-4)30-15-17/h6-11,13,15-16H,5,12,14H2,1-4H3,(H,29,33)(H,31,32)/t16-/m1/s1. The Balaban J connectivity index is 1.62. The Morgan fingerprint density at radius 3 is 2.60 bits per heavy atom. The Morgan fingerprint density at radius 2 is 1.97 bits per heavy atom. The maximum absolute atomic E-state index is 13.5. The summed E-state index contributed by atoms with van der Waals surface area (Å²) < 4.78 is 24.6. The number of carbonyl (C=O) groups is 1. The number of nitrogens with one attached hydrogen (secondary N) is 2. The quantitative estimate of drug-likeness (QED) is 0.343. The van der Waals surface area contributed by atoms with Gasteiger partial charge in [-0.05, 0) is 60.2 Å². The average molecular weight is 477 g/mol. The van der Waals surface area contributed by atoms with Gasteiger partial charge in [0.1, 0.15) is 17.4 Å². The van der Waals surface area contributed by atoms with Crippen LogP contribution in [-0.4, -0.2) is 36.6 Å². The van der Waals surface area contributed by atoms with Crippen molar-refractivity contribution in [1.29, 1.82) is 0 Å². The van der Waals surface area contributed by atoms with Crippen molar-refractivity contribution in [3.63, 3.8) is 0 Å². The first-order chi connectivity index (χ1) is 16.9. The average Bonchev–Trinajstić information content (AvgIpc) is 3.25. The molecule has 0 saturated heterocycles. The van der Waals surface area contributed by atoms with Crippen LogP contribution >= 0.6 is 0 Å². The zero-order chi connectivity index (χ0) is 24.9. The van der Waals surface area contributed by atoms with Crippen LogP contribution in [0.1, 0.15) is 35.3 Å². The predicted molar refractivity (Wildman–Crippen MR) is 134 cm³/mol. The van der Waals surface area contributed by atoms with Crippen molar-refractivity contribution in [2.45, 2.75) is 26.7 Å². The summed E-state index contributed by atoms with van der Waals surface area (Å²) >= 11 is 0. The highest BCUT2D eigenvalue weighted by atomic mass is 19.1. The maximum atomic E-state index is 13.5. The van der Waals surface area contributed by atoms with Gasteiger partial charge in [-0.3, -0.25) is 4.79 Å². The summed E-state index contributed by atoms with van der Waals surface area (Å²) in [5, 5.41) is 6.75. The van der Waals surface area contributed by atoms with Crippen molar-refractivity contribution in [3.8, 4) is 17.2 Å². The molecule has 4 rings (SSSR count). The summed E-state index contributed by atoms with van der Waals surface area (Å²) in [7, 11) is 3.17. The number of amides is 1. The van der Waals surface area contributed by atoms with Gasteiger partial charge in [0.2, 0.25) is 11.6 Å². The largest absolute Gasteiger partial charge is 0.481 e. The number of fused-ring (bicyclic) bond motifs is 1. The zero-order valence-electron chi connectivity index (χ0n) is 20.3. The lowest BCUT2D eigenvalue weighted by molar-refractivity contribution is 0.0964. The van der Waals surface area contributed by atoms with Gasteiger partial charge in [0, 0.05) is 31.4 Å². The summed E-state index contributed by atoms with van der Waals surface area (Å²) in [6, 6.07) is 11.7. The van der Waals surface area contributed by atoms with Gasteiger partial charge in [-0.25, -0.2) is 9.37 Å². The van der Waals surface area contributed by atoms with Crippen LogP contribution in [0.5, 0.6) is 5.88 Å². The molecule has 0 aliphatic rings. The van der Waals surface area contributed by atoms with Crippen molar-refractivity contribution in [2.24, 2.45) is 5.92 Å². The van der Waals surface area contributed by atoms with E-state index in [-0.39, 0.29) is 11.7 Å².